The Labute approximate surface area is 192 Å². The van der Waals surface area contributed by atoms with E-state index >= 15 is 0 Å². The lowest BCUT2D eigenvalue weighted by Crippen LogP contribution is -2.62. The molecule has 0 aliphatic carbocycles. The molecule has 0 fully saturated rings. The van der Waals surface area contributed by atoms with Gasteiger partial charge in [0, 0.05) is 29.7 Å². The van der Waals surface area contributed by atoms with Gasteiger partial charge in [0.2, 0.25) is 18.5 Å². The summed E-state index contributed by atoms with van der Waals surface area (Å²) in [6.07, 6.45) is 5.42. The van der Waals surface area contributed by atoms with Crippen LogP contribution in [-0.4, -0.2) is 21.7 Å². The Balaban J connectivity index is 1.67. The first-order valence-corrected chi connectivity index (χ1v) is 11.1. The Kier molecular flexibility index (Phi) is 3.82. The molecule has 0 bridgehead atoms. The molecule has 0 unspecified atom stereocenters. The summed E-state index contributed by atoms with van der Waals surface area (Å²) in [4.78, 5) is 14.3. The molecule has 0 N–H and O–H groups in total. The van der Waals surface area contributed by atoms with Gasteiger partial charge in [0.1, 0.15) is 0 Å². The van der Waals surface area contributed by atoms with E-state index in [0.717, 1.165) is 16.8 Å². The zero-order chi connectivity index (χ0) is 21.8. The van der Waals surface area contributed by atoms with Crippen LogP contribution in [0.5, 0.6) is 11.8 Å². The molecule has 154 valence electrons. The summed E-state index contributed by atoms with van der Waals surface area (Å²) < 4.78 is 6.20. The molecule has 2 aromatic carbocycles. The minimum atomic E-state index is -0.663. The van der Waals surface area contributed by atoms with Crippen LogP contribution in [-0.2, 0) is 5.41 Å². The van der Waals surface area contributed by atoms with E-state index in [2.05, 4.69) is 82.8 Å². The number of benzene rings is 2. The number of ether oxygens (including phenoxy) is 1. The van der Waals surface area contributed by atoms with Gasteiger partial charge >= 0.3 is 0 Å². The van der Waals surface area contributed by atoms with Crippen molar-refractivity contribution < 1.29 is 4.74 Å². The third-order valence-corrected chi connectivity index (χ3v) is 6.86. The summed E-state index contributed by atoms with van der Waals surface area (Å²) in [5.41, 5.74) is 7.21. The third-order valence-electron chi connectivity index (χ3n) is 6.86. The molecule has 1 spiro atoms. The van der Waals surface area contributed by atoms with Crippen LogP contribution < -0.4 is 21.1 Å². The van der Waals surface area contributed by atoms with Crippen LogP contribution in [0.2, 0.25) is 0 Å². The molecule has 0 radical (unpaired) electrons. The van der Waals surface area contributed by atoms with Gasteiger partial charge in [-0.3, -0.25) is 4.98 Å². The van der Waals surface area contributed by atoms with Crippen LogP contribution >= 0.6 is 0 Å². The van der Waals surface area contributed by atoms with E-state index in [4.69, 9.17) is 9.72 Å². The normalized spacial score (nSPS) is 14.5. The van der Waals surface area contributed by atoms with Gasteiger partial charge in [-0.1, -0.05) is 83.7 Å². The predicted molar refractivity (Wildman–Crippen MR) is 129 cm³/mol. The van der Waals surface area contributed by atoms with Gasteiger partial charge in [0.15, 0.2) is 0 Å². The molecule has 5 heterocycles. The Hall–Kier alpha value is -4.25. The van der Waals surface area contributed by atoms with Crippen molar-refractivity contribution in [2.45, 2.75) is 5.41 Å². The summed E-state index contributed by atoms with van der Waals surface area (Å²) >= 11 is 0. The molecule has 33 heavy (non-hydrogen) atoms. The first-order chi connectivity index (χ1) is 16.4. The van der Waals surface area contributed by atoms with E-state index in [1.807, 2.05) is 24.4 Å². The van der Waals surface area contributed by atoms with Crippen molar-refractivity contribution in [3.63, 3.8) is 0 Å². The highest BCUT2D eigenvalue weighted by molar-refractivity contribution is 6.96. The molecule has 5 heteroatoms. The number of fused-ring (bicyclic) bond motifs is 8. The van der Waals surface area contributed by atoms with Gasteiger partial charge in [-0.05, 0) is 29.2 Å². The first-order valence-electron chi connectivity index (χ1n) is 11.1. The van der Waals surface area contributed by atoms with E-state index in [1.165, 1.54) is 22.0 Å². The Bertz CT molecular complexity index is 1420. The van der Waals surface area contributed by atoms with Crippen LogP contribution in [0.15, 0.2) is 110 Å². The van der Waals surface area contributed by atoms with Gasteiger partial charge in [0.25, 0.3) is 0 Å². The van der Waals surface area contributed by atoms with Crippen LogP contribution in [0.1, 0.15) is 22.4 Å². The lowest BCUT2D eigenvalue weighted by molar-refractivity contribution is 0.398. The second kappa shape index (κ2) is 6.88. The molecule has 4 nitrogen and oxygen atoms in total. The molecule has 3 aromatic heterocycles. The Morgan fingerprint density at radius 3 is 1.88 bits per heavy atom. The molecule has 0 atom stereocenters. The number of aromatic nitrogens is 3. The monoisotopic (exact) mass is 423 g/mol. The molecule has 2 aliphatic heterocycles. The smallest absolute Gasteiger partial charge is 0.244 e. The van der Waals surface area contributed by atoms with Crippen molar-refractivity contribution in [3.05, 3.63) is 132 Å². The maximum Gasteiger partial charge on any atom is 0.244 e. The topological polar surface area (TPSA) is 47.9 Å². The van der Waals surface area contributed by atoms with Crippen molar-refractivity contribution in [2.24, 2.45) is 0 Å². The maximum absolute atomic E-state index is 6.20. The number of hydrogen-bond donors (Lipinski definition) is 0. The fraction of sp³-hybridized carbons (Fsp3) is 0.0357. The maximum atomic E-state index is 6.20. The molecule has 0 amide bonds. The average Bonchev–Trinajstić information content (AvgIpc) is 2.89. The lowest BCUT2D eigenvalue weighted by Gasteiger charge is -2.45. The van der Waals surface area contributed by atoms with Gasteiger partial charge in [-0.25, -0.2) is 9.97 Å². The van der Waals surface area contributed by atoms with Gasteiger partial charge in [0.05, 0.1) is 11.1 Å². The summed E-state index contributed by atoms with van der Waals surface area (Å²) in [6, 6.07) is 31.8. The number of hydrogen-bond acceptors (Lipinski definition) is 4. The molecule has 2 aliphatic rings. The van der Waals surface area contributed by atoms with Crippen molar-refractivity contribution in [2.75, 3.05) is 0 Å². The van der Waals surface area contributed by atoms with E-state index in [-0.39, 0.29) is 6.71 Å². The second-order valence-electron chi connectivity index (χ2n) is 8.44. The van der Waals surface area contributed by atoms with E-state index in [0.29, 0.717) is 11.8 Å². The third kappa shape index (κ3) is 2.39. The lowest BCUT2D eigenvalue weighted by atomic mass is 9.31. The van der Waals surface area contributed by atoms with E-state index < -0.39 is 5.41 Å². The van der Waals surface area contributed by atoms with Crippen LogP contribution in [0.4, 0.5) is 0 Å². The minimum Gasteiger partial charge on any atom is -0.420 e. The highest BCUT2D eigenvalue weighted by atomic mass is 16.5. The van der Waals surface area contributed by atoms with Crippen LogP contribution in [0, 0.1) is 0 Å². The SMILES string of the molecule is c1ccc(B2c3ccccc3C3(c4cccnc4Oc4ncccc43)c3ncccc32)cc1. The number of nitrogens with zero attached hydrogens (tertiary/aromatic N) is 3. The van der Waals surface area contributed by atoms with E-state index in [1.54, 1.807) is 12.4 Å². The van der Waals surface area contributed by atoms with Crippen molar-refractivity contribution in [3.8, 4) is 11.8 Å². The Morgan fingerprint density at radius 1 is 0.545 bits per heavy atom. The molecule has 7 rings (SSSR count). The summed E-state index contributed by atoms with van der Waals surface area (Å²) in [7, 11) is 0. The minimum absolute atomic E-state index is 0.0832. The second-order valence-corrected chi connectivity index (χ2v) is 8.44. The van der Waals surface area contributed by atoms with Crippen molar-refractivity contribution >= 4 is 23.1 Å². The molecule has 0 saturated carbocycles. The molecule has 5 aromatic rings. The van der Waals surface area contributed by atoms with Crippen LogP contribution in [0.25, 0.3) is 0 Å². The van der Waals surface area contributed by atoms with Crippen molar-refractivity contribution in [1.82, 2.24) is 15.0 Å². The molecule has 0 saturated heterocycles. The fourth-order valence-electron chi connectivity index (χ4n) is 5.65. The standard InChI is InChI=1S/C28H18BN3O/c1-2-9-19(10-3-1)29-23-14-5-4-11-20(23)28(25-24(29)15-8-16-30-25)21-12-6-17-31-26(21)33-27-22(28)13-7-18-32-27/h1-18H. The van der Waals surface area contributed by atoms with Crippen molar-refractivity contribution in [1.29, 1.82) is 0 Å². The zero-order valence-corrected chi connectivity index (χ0v) is 17.7. The van der Waals surface area contributed by atoms with Gasteiger partial charge < -0.3 is 4.74 Å². The average molecular weight is 423 g/mol. The summed E-state index contributed by atoms with van der Waals surface area (Å²) in [5.74, 6) is 1.15. The van der Waals surface area contributed by atoms with Crippen LogP contribution in [0.3, 0.4) is 0 Å². The number of rotatable bonds is 1. The highest BCUT2D eigenvalue weighted by Crippen LogP contribution is 2.53. The molecular weight excluding hydrogens is 405 g/mol. The predicted octanol–water partition coefficient (Wildman–Crippen LogP) is 3.19. The first kappa shape index (κ1) is 18.3. The summed E-state index contributed by atoms with van der Waals surface area (Å²) in [6.45, 7) is 0.0832. The van der Waals surface area contributed by atoms with Gasteiger partial charge in [-0.15, -0.1) is 0 Å². The van der Waals surface area contributed by atoms with Gasteiger partial charge in [-0.2, -0.15) is 0 Å². The largest absolute Gasteiger partial charge is 0.420 e. The summed E-state index contributed by atoms with van der Waals surface area (Å²) in [5, 5.41) is 0. The number of pyridine rings is 3. The Morgan fingerprint density at radius 2 is 1.12 bits per heavy atom. The highest BCUT2D eigenvalue weighted by Gasteiger charge is 2.53. The zero-order valence-electron chi connectivity index (χ0n) is 17.7. The molecular formula is C28H18BN3O. The quantitative estimate of drug-likeness (QED) is 0.381. The fourth-order valence-corrected chi connectivity index (χ4v) is 5.65. The van der Waals surface area contributed by atoms with E-state index in [9.17, 15) is 0 Å².